The highest BCUT2D eigenvalue weighted by molar-refractivity contribution is 9.10. The molecule has 0 aliphatic rings. The van der Waals surface area contributed by atoms with Gasteiger partial charge in [-0.2, -0.15) is 0 Å². The topological polar surface area (TPSA) is 207 Å². The first-order chi connectivity index (χ1) is 19.5. The molecule has 0 fully saturated rings. The van der Waals surface area contributed by atoms with Crippen LogP contribution in [0.25, 0.3) is 0 Å². The van der Waals surface area contributed by atoms with Crippen molar-refractivity contribution in [1.29, 1.82) is 10.8 Å². The van der Waals surface area contributed by atoms with Crippen molar-refractivity contribution < 1.29 is 9.85 Å². The van der Waals surface area contributed by atoms with Gasteiger partial charge in [-0.1, -0.05) is 98.9 Å². The lowest BCUT2D eigenvalue weighted by Crippen LogP contribution is -2.03. The van der Waals surface area contributed by atoms with Crippen LogP contribution in [-0.2, 0) is 12.4 Å². The lowest BCUT2D eigenvalue weighted by Gasteiger charge is -2.08. The second-order valence-corrected chi connectivity index (χ2v) is 10.5. The third-order valence-electron chi connectivity index (χ3n) is 4.87. The van der Waals surface area contributed by atoms with Gasteiger partial charge in [-0.3, -0.25) is 20.2 Å². The van der Waals surface area contributed by atoms with Gasteiger partial charge in [-0.05, 0) is 47.5 Å². The molecule has 4 aromatic carbocycles. The summed E-state index contributed by atoms with van der Waals surface area (Å²) in [6.07, 6.45) is 0. The minimum absolute atomic E-state index is 0. The Morgan fingerprint density at radius 2 is 1.21 bits per heavy atom. The monoisotopic (exact) mass is 777 g/mol. The number of rotatable bonds is 6. The van der Waals surface area contributed by atoms with Gasteiger partial charge in [0.15, 0.2) is 0 Å². The van der Waals surface area contributed by atoms with Gasteiger partial charge in [-0.15, -0.1) is 11.6 Å². The Balaban J connectivity index is 0. The van der Waals surface area contributed by atoms with Crippen molar-refractivity contribution in [2.75, 3.05) is 11.1 Å². The summed E-state index contributed by atoms with van der Waals surface area (Å²) in [5.41, 5.74) is 7.81. The van der Waals surface area contributed by atoms with Crippen LogP contribution in [0, 0.1) is 31.0 Å². The number of nitrogen functional groups attached to an aromatic ring is 1. The summed E-state index contributed by atoms with van der Waals surface area (Å²) in [4.78, 5) is 20.3. The number of nitrogens with one attached hydrogen (secondary N) is 1. The van der Waals surface area contributed by atoms with Crippen LogP contribution in [0.3, 0.4) is 0 Å². The number of halogens is 5. The molecule has 0 atom stereocenters. The van der Waals surface area contributed by atoms with Crippen molar-refractivity contribution in [2.24, 2.45) is 0 Å². The highest BCUT2D eigenvalue weighted by Crippen LogP contribution is 2.29. The quantitative estimate of drug-likeness (QED) is 0.0558. The summed E-state index contributed by atoms with van der Waals surface area (Å²) in [6.45, 7) is 0.433. The number of hydrogen-bond donors (Lipinski definition) is 3. The van der Waals surface area contributed by atoms with Gasteiger partial charge in [0.2, 0.25) is 0 Å². The maximum atomic E-state index is 11.0. The molecule has 0 saturated carbocycles. The van der Waals surface area contributed by atoms with Crippen molar-refractivity contribution in [3.8, 4) is 0 Å². The molecule has 0 bridgehead atoms. The van der Waals surface area contributed by atoms with E-state index in [1.807, 2.05) is 42.5 Å². The first-order valence-electron chi connectivity index (χ1n) is 11.1. The second-order valence-electron chi connectivity index (χ2n) is 7.55. The van der Waals surface area contributed by atoms with Crippen LogP contribution in [-0.4, -0.2) is 9.85 Å². The van der Waals surface area contributed by atoms with Gasteiger partial charge in [0.25, 0.3) is 11.4 Å². The highest BCUT2D eigenvalue weighted by Gasteiger charge is 2.14. The zero-order valence-corrected chi connectivity index (χ0v) is 27.0. The average Bonchev–Trinajstić information content (AvgIpc) is 2.96. The molecule has 6 N–H and O–H groups in total. The summed E-state index contributed by atoms with van der Waals surface area (Å²) in [7, 11) is 0. The number of nitrogens with zero attached hydrogens (tertiary/aromatic N) is 4. The molecule has 0 aromatic heterocycles. The molecule has 0 saturated heterocycles. The Morgan fingerprint density at radius 1 is 0.767 bits per heavy atom. The summed E-state index contributed by atoms with van der Waals surface area (Å²) < 4.78 is 1.32. The van der Waals surface area contributed by atoms with Crippen LogP contribution in [0.1, 0.15) is 18.6 Å². The van der Waals surface area contributed by atoms with Crippen LogP contribution in [0.5, 0.6) is 0 Å². The molecule has 4 rings (SSSR count). The molecule has 230 valence electrons. The number of nitrogens with two attached hydrogens (primary N) is 1. The fourth-order valence-electron chi connectivity index (χ4n) is 2.92. The molecule has 0 amide bonds. The van der Waals surface area contributed by atoms with Crippen LogP contribution in [0.4, 0.5) is 22.7 Å². The van der Waals surface area contributed by atoms with Gasteiger partial charge in [-0.25, -0.2) is 0 Å². The van der Waals surface area contributed by atoms with Crippen molar-refractivity contribution in [1.82, 2.24) is 6.15 Å². The molecule has 0 radical (unpaired) electrons. The largest absolute Gasteiger partial charge is 0.393 e. The molecule has 0 spiro atoms. The predicted octanol–water partition coefficient (Wildman–Crippen LogP) is 10.5. The third-order valence-corrected chi connectivity index (χ3v) is 6.89. The Kier molecular flexibility index (Phi) is 21.4. The molecule has 0 aliphatic heterocycles. The zero-order valence-electron chi connectivity index (χ0n) is 21.6. The molecule has 11 nitrogen and oxygen atoms in total. The average molecular weight is 781 g/mol. The maximum absolute atomic E-state index is 11.0. The van der Waals surface area contributed by atoms with Crippen LogP contribution in [0.15, 0.2) is 93.9 Å². The van der Waals surface area contributed by atoms with E-state index in [4.69, 9.17) is 51.3 Å². The minimum atomic E-state index is -0.514. The predicted molar refractivity (Wildman–Crippen MR) is 181 cm³/mol. The van der Waals surface area contributed by atoms with Gasteiger partial charge in [0.05, 0.1) is 9.85 Å². The Morgan fingerprint density at radius 3 is 1.63 bits per heavy atom. The van der Waals surface area contributed by atoms with Crippen molar-refractivity contribution in [3.63, 3.8) is 0 Å². The van der Waals surface area contributed by atoms with Gasteiger partial charge in [0.1, 0.15) is 11.4 Å². The molecule has 43 heavy (non-hydrogen) atoms. The van der Waals surface area contributed by atoms with E-state index < -0.39 is 9.85 Å². The smallest absolute Gasteiger partial charge is 0.293 e. The second kappa shape index (κ2) is 22.1. The molecule has 4 aromatic rings. The van der Waals surface area contributed by atoms with E-state index in [9.17, 15) is 20.2 Å². The highest BCUT2D eigenvalue weighted by atomic mass is 79.9. The molecule has 0 unspecified atom stereocenters. The normalized spacial score (nSPS) is 9.00. The summed E-state index contributed by atoms with van der Waals surface area (Å²) in [6, 6.07) is 24.3. The molecular weight excluding hydrogens is 753 g/mol. The standard InChI is InChI=1S/C13H10BrClN2O2.C7H6Cl2.C6H5BrN2O2.CH4.N2.H3N/c14-10-5-6-12(13(7-10)17(18)19)16-8-9-3-1-2-4-11(9)15;8-5-6-3-1-2-4-7(6)9;7-4-1-2-5(8)6(3-4)9(10)11;;1-2;/h1-7,16H,8H2;1-4H,5H2;1-3H,8H2;1H4;;1H3. The number of nitro groups is 2. The van der Waals surface area contributed by atoms with Crippen molar-refractivity contribution >= 4 is 89.4 Å². The fraction of sp³-hybridized carbons (Fsp3) is 0.111. The number of nitro benzene ring substituents is 2. The first-order valence-corrected chi connectivity index (χ1v) is 14.0. The Bertz CT molecular complexity index is 1500. The molecule has 0 heterocycles. The van der Waals surface area contributed by atoms with E-state index in [1.54, 1.807) is 24.3 Å². The van der Waals surface area contributed by atoms with Crippen molar-refractivity contribution in [3.05, 3.63) is 135 Å². The Hall–Kier alpha value is -3.51. The van der Waals surface area contributed by atoms with Crippen LogP contribution >= 0.6 is 66.7 Å². The van der Waals surface area contributed by atoms with E-state index in [2.05, 4.69) is 37.2 Å². The minimum Gasteiger partial charge on any atom is -0.393 e. The van der Waals surface area contributed by atoms with E-state index in [-0.39, 0.29) is 30.6 Å². The summed E-state index contributed by atoms with van der Waals surface area (Å²) >= 11 is 23.6. The Labute approximate surface area is 280 Å². The number of alkyl halides is 1. The molecule has 0 aliphatic carbocycles. The van der Waals surface area contributed by atoms with Gasteiger partial charge < -0.3 is 17.2 Å². The van der Waals surface area contributed by atoms with Crippen molar-refractivity contribution in [2.45, 2.75) is 19.9 Å². The SMILES string of the molecule is C.ClCc1ccccc1Cl.N.N#N.Nc1ccc(Br)cc1[N+](=O)[O-].O=[N+]([O-])c1cc(Br)ccc1NCc1ccccc1Cl. The number of hydrogen-bond acceptors (Lipinski definition) is 9. The van der Waals surface area contributed by atoms with Gasteiger partial charge >= 0.3 is 0 Å². The fourth-order valence-corrected chi connectivity index (χ4v) is 4.32. The zero-order chi connectivity index (χ0) is 30.9. The first kappa shape index (κ1) is 41.6. The maximum Gasteiger partial charge on any atom is 0.293 e. The van der Waals surface area contributed by atoms with E-state index in [0.717, 1.165) is 16.1 Å². The van der Waals surface area contributed by atoms with E-state index in [1.165, 1.54) is 18.2 Å². The summed E-state index contributed by atoms with van der Waals surface area (Å²) in [5, 5.41) is 37.7. The summed E-state index contributed by atoms with van der Waals surface area (Å²) in [5.74, 6) is 0.486. The molecular formula is C27H28Br2Cl3N7O4. The molecule has 16 heteroatoms. The number of anilines is 2. The lowest BCUT2D eigenvalue weighted by atomic mass is 10.2. The van der Waals surface area contributed by atoms with Crippen LogP contribution < -0.4 is 17.2 Å². The van der Waals surface area contributed by atoms with Gasteiger partial charge in [0, 0.05) is 54.3 Å². The third kappa shape index (κ3) is 14.5. The van der Waals surface area contributed by atoms with E-state index in [0.29, 0.717) is 32.1 Å². The van der Waals surface area contributed by atoms with Crippen LogP contribution in [0.2, 0.25) is 10.0 Å². The van der Waals surface area contributed by atoms with E-state index >= 15 is 0 Å². The number of benzene rings is 4. The lowest BCUT2D eigenvalue weighted by molar-refractivity contribution is -0.384.